The smallest absolute Gasteiger partial charge is 0.321 e. The third kappa shape index (κ3) is 3.76. The van der Waals surface area contributed by atoms with Gasteiger partial charge in [0.15, 0.2) is 5.82 Å². The van der Waals surface area contributed by atoms with Gasteiger partial charge in [-0.3, -0.25) is 0 Å². The number of urea groups is 1. The van der Waals surface area contributed by atoms with Gasteiger partial charge < -0.3 is 19.5 Å². The molecular weight excluding hydrogens is 400 g/mol. The van der Waals surface area contributed by atoms with Gasteiger partial charge in [-0.25, -0.2) is 18.6 Å². The molecular formula is C23H21F2N5O. The van der Waals surface area contributed by atoms with Crippen LogP contribution in [0.2, 0.25) is 0 Å². The summed E-state index contributed by atoms with van der Waals surface area (Å²) >= 11 is 0. The molecule has 2 aromatic heterocycles. The van der Waals surface area contributed by atoms with Crippen molar-refractivity contribution in [1.82, 2.24) is 14.3 Å². The van der Waals surface area contributed by atoms with Crippen LogP contribution >= 0.6 is 0 Å². The maximum absolute atomic E-state index is 13.8. The fraction of sp³-hybridized carbons (Fsp3) is 0.217. The highest BCUT2D eigenvalue weighted by Crippen LogP contribution is 2.27. The fourth-order valence-corrected chi connectivity index (χ4v) is 4.04. The van der Waals surface area contributed by atoms with Crippen molar-refractivity contribution in [3.05, 3.63) is 72.4 Å². The molecule has 8 heteroatoms. The van der Waals surface area contributed by atoms with Crippen molar-refractivity contribution in [1.29, 1.82) is 0 Å². The minimum absolute atomic E-state index is 0.213. The maximum atomic E-state index is 13.8. The van der Waals surface area contributed by atoms with E-state index in [9.17, 15) is 13.6 Å². The van der Waals surface area contributed by atoms with E-state index in [-0.39, 0.29) is 17.7 Å². The zero-order valence-electron chi connectivity index (χ0n) is 16.8. The molecule has 3 heterocycles. The number of rotatable bonds is 2. The maximum Gasteiger partial charge on any atom is 0.321 e. The molecule has 0 aliphatic carbocycles. The van der Waals surface area contributed by atoms with Gasteiger partial charge in [0.25, 0.3) is 0 Å². The predicted octanol–water partition coefficient (Wildman–Crippen LogP) is 4.51. The number of amides is 2. The quantitative estimate of drug-likeness (QED) is 0.518. The van der Waals surface area contributed by atoms with Crippen LogP contribution in [0.5, 0.6) is 0 Å². The standard InChI is InChI=1S/C23H21F2N5O/c24-16-4-7-18(8-5-16)26-23(31)29-11-2-10-28(13-14-29)22-21-3-1-12-30(21)20-9-6-17(25)15-19(20)27-22/h1,3-9,12,15H,2,10-11,13-14H2,(H,26,31). The Morgan fingerprint density at radius 3 is 2.55 bits per heavy atom. The lowest BCUT2D eigenvalue weighted by Crippen LogP contribution is -2.38. The average Bonchev–Trinajstić information content (AvgIpc) is 3.12. The van der Waals surface area contributed by atoms with Crippen LogP contribution in [0.3, 0.4) is 0 Å². The number of benzene rings is 2. The van der Waals surface area contributed by atoms with Crippen molar-refractivity contribution >= 4 is 34.1 Å². The molecule has 1 aliphatic rings. The van der Waals surface area contributed by atoms with Crippen LogP contribution in [0.1, 0.15) is 6.42 Å². The normalized spacial score (nSPS) is 14.8. The van der Waals surface area contributed by atoms with Crippen LogP contribution in [-0.2, 0) is 0 Å². The third-order valence-corrected chi connectivity index (χ3v) is 5.58. The lowest BCUT2D eigenvalue weighted by atomic mass is 10.2. The second-order valence-electron chi connectivity index (χ2n) is 7.60. The molecule has 0 bridgehead atoms. The Bertz CT molecular complexity index is 1250. The lowest BCUT2D eigenvalue weighted by molar-refractivity contribution is 0.215. The number of hydrogen-bond acceptors (Lipinski definition) is 3. The van der Waals surface area contributed by atoms with Crippen LogP contribution < -0.4 is 10.2 Å². The minimum atomic E-state index is -0.345. The van der Waals surface area contributed by atoms with Gasteiger partial charge >= 0.3 is 6.03 Å². The highest BCUT2D eigenvalue weighted by molar-refractivity contribution is 5.89. The number of hydrogen-bond donors (Lipinski definition) is 1. The summed E-state index contributed by atoms with van der Waals surface area (Å²) in [5.41, 5.74) is 2.94. The van der Waals surface area contributed by atoms with Crippen molar-refractivity contribution in [2.24, 2.45) is 0 Å². The molecule has 1 saturated heterocycles. The Morgan fingerprint density at radius 2 is 1.71 bits per heavy atom. The first-order chi connectivity index (χ1) is 15.1. The summed E-state index contributed by atoms with van der Waals surface area (Å²) < 4.78 is 28.9. The first-order valence-corrected chi connectivity index (χ1v) is 10.2. The number of carbonyl (C=O) groups is 1. The Morgan fingerprint density at radius 1 is 0.903 bits per heavy atom. The number of carbonyl (C=O) groups excluding carboxylic acids is 1. The minimum Gasteiger partial charge on any atom is -0.353 e. The molecule has 0 atom stereocenters. The molecule has 0 unspecified atom stereocenters. The van der Waals surface area contributed by atoms with Crippen molar-refractivity contribution in [2.45, 2.75) is 6.42 Å². The predicted molar refractivity (Wildman–Crippen MR) is 116 cm³/mol. The van der Waals surface area contributed by atoms with Crippen LogP contribution in [0, 0.1) is 11.6 Å². The monoisotopic (exact) mass is 421 g/mol. The van der Waals surface area contributed by atoms with Gasteiger partial charge in [-0.15, -0.1) is 0 Å². The van der Waals surface area contributed by atoms with E-state index in [2.05, 4.69) is 10.2 Å². The van der Waals surface area contributed by atoms with Crippen LogP contribution in [0.25, 0.3) is 16.6 Å². The number of nitrogens with one attached hydrogen (secondary N) is 1. The van der Waals surface area contributed by atoms with E-state index in [4.69, 9.17) is 4.98 Å². The summed E-state index contributed by atoms with van der Waals surface area (Å²) in [5.74, 6) is 0.115. The van der Waals surface area contributed by atoms with Crippen molar-refractivity contribution in [2.75, 3.05) is 36.4 Å². The summed E-state index contributed by atoms with van der Waals surface area (Å²) in [6, 6.07) is 14.1. The summed E-state index contributed by atoms with van der Waals surface area (Å²) in [7, 11) is 0. The first-order valence-electron chi connectivity index (χ1n) is 10.2. The van der Waals surface area contributed by atoms with Gasteiger partial charge in [-0.1, -0.05) is 0 Å². The van der Waals surface area contributed by atoms with E-state index in [1.54, 1.807) is 23.1 Å². The van der Waals surface area contributed by atoms with Crippen molar-refractivity contribution in [3.63, 3.8) is 0 Å². The molecule has 158 valence electrons. The molecule has 0 spiro atoms. The van der Waals surface area contributed by atoms with Gasteiger partial charge in [0.2, 0.25) is 0 Å². The second-order valence-corrected chi connectivity index (χ2v) is 7.60. The molecule has 31 heavy (non-hydrogen) atoms. The highest BCUT2D eigenvalue weighted by atomic mass is 19.1. The zero-order valence-corrected chi connectivity index (χ0v) is 16.8. The fourth-order valence-electron chi connectivity index (χ4n) is 4.04. The van der Waals surface area contributed by atoms with Crippen molar-refractivity contribution < 1.29 is 13.6 Å². The molecule has 6 nitrogen and oxygen atoms in total. The van der Waals surface area contributed by atoms with Gasteiger partial charge in [0.05, 0.1) is 16.6 Å². The molecule has 1 fully saturated rings. The topological polar surface area (TPSA) is 52.9 Å². The lowest BCUT2D eigenvalue weighted by Gasteiger charge is -2.24. The van der Waals surface area contributed by atoms with Crippen LogP contribution in [0.4, 0.5) is 25.1 Å². The third-order valence-electron chi connectivity index (χ3n) is 5.58. The summed E-state index contributed by atoms with van der Waals surface area (Å²) in [6.07, 6.45) is 2.72. The van der Waals surface area contributed by atoms with E-state index < -0.39 is 0 Å². The molecule has 4 aromatic rings. The van der Waals surface area contributed by atoms with E-state index in [0.717, 1.165) is 29.8 Å². The SMILES string of the molecule is O=C(Nc1ccc(F)cc1)N1CCCN(c2nc3cc(F)ccc3n3cccc23)CC1. The summed E-state index contributed by atoms with van der Waals surface area (Å²) in [6.45, 7) is 2.45. The summed E-state index contributed by atoms with van der Waals surface area (Å²) in [5, 5.41) is 2.82. The number of anilines is 2. The van der Waals surface area contributed by atoms with E-state index in [0.29, 0.717) is 30.8 Å². The van der Waals surface area contributed by atoms with Gasteiger partial charge in [0.1, 0.15) is 11.6 Å². The Balaban J connectivity index is 1.37. The Labute approximate surface area is 177 Å². The highest BCUT2D eigenvalue weighted by Gasteiger charge is 2.22. The molecule has 2 aromatic carbocycles. The van der Waals surface area contributed by atoms with Crippen LogP contribution in [-0.4, -0.2) is 46.5 Å². The van der Waals surface area contributed by atoms with Crippen molar-refractivity contribution in [3.8, 4) is 0 Å². The molecule has 1 N–H and O–H groups in total. The molecule has 2 amide bonds. The van der Waals surface area contributed by atoms with E-state index in [1.165, 1.54) is 24.3 Å². The number of halogens is 2. The van der Waals surface area contributed by atoms with Crippen LogP contribution in [0.15, 0.2) is 60.8 Å². The number of fused-ring (bicyclic) bond motifs is 3. The molecule has 0 saturated carbocycles. The average molecular weight is 421 g/mol. The second kappa shape index (κ2) is 7.86. The van der Waals surface area contributed by atoms with Gasteiger partial charge in [-0.2, -0.15) is 0 Å². The number of nitrogens with zero attached hydrogens (tertiary/aromatic N) is 4. The molecule has 0 radical (unpaired) electrons. The van der Waals surface area contributed by atoms with E-state index >= 15 is 0 Å². The van der Waals surface area contributed by atoms with E-state index in [1.807, 2.05) is 22.7 Å². The summed E-state index contributed by atoms with van der Waals surface area (Å²) in [4.78, 5) is 21.3. The zero-order chi connectivity index (χ0) is 21.4. The largest absolute Gasteiger partial charge is 0.353 e. The Hall–Kier alpha value is -3.68. The number of aromatic nitrogens is 2. The first kappa shape index (κ1) is 19.3. The van der Waals surface area contributed by atoms with Gasteiger partial charge in [-0.05, 0) is 55.0 Å². The molecule has 1 aliphatic heterocycles. The Kier molecular flexibility index (Phi) is 4.89. The van der Waals surface area contributed by atoms with Gasteiger partial charge in [0, 0.05) is 44.1 Å². The molecule has 5 rings (SSSR count).